The van der Waals surface area contributed by atoms with Crippen molar-refractivity contribution in [2.45, 2.75) is 263 Å². The summed E-state index contributed by atoms with van der Waals surface area (Å²) in [5.41, 5.74) is 0. The molecule has 1 rings (SSSR count). The first kappa shape index (κ1) is 60.9. The number of ether oxygens (including phenoxy) is 4. The highest BCUT2D eigenvalue weighted by Gasteiger charge is 2.44. The Labute approximate surface area is 398 Å². The van der Waals surface area contributed by atoms with E-state index in [0.29, 0.717) is 13.0 Å². The fraction of sp³-hybridized carbons (Fsp3) is 0.804. The summed E-state index contributed by atoms with van der Waals surface area (Å²) < 4.78 is 22.9. The molecule has 4 N–H and O–H groups in total. The predicted octanol–water partition coefficient (Wildman–Crippen LogP) is 13.4. The summed E-state index contributed by atoms with van der Waals surface area (Å²) in [5, 5.41) is 40.3. The molecule has 1 aliphatic heterocycles. The molecule has 0 saturated carbocycles. The van der Waals surface area contributed by atoms with Gasteiger partial charge in [0, 0.05) is 13.0 Å². The van der Waals surface area contributed by atoms with Gasteiger partial charge in [-0.05, 0) is 57.8 Å². The fourth-order valence-corrected chi connectivity index (χ4v) is 8.05. The van der Waals surface area contributed by atoms with E-state index in [9.17, 15) is 25.2 Å². The SMILES string of the molecule is CC/C=C\C/C=C\C/C=C\C/C=C\C/C=C\CCCCCCCCCCCC(=O)OC(COCCCCCCCCCCCCCCCCCCC)COC1OC(CO)C(O)C(O)C1O. The molecule has 1 fully saturated rings. The molecule has 6 unspecified atom stereocenters. The number of rotatable bonds is 46. The molecule has 0 bridgehead atoms. The van der Waals surface area contributed by atoms with Gasteiger partial charge < -0.3 is 39.4 Å². The summed E-state index contributed by atoms with van der Waals surface area (Å²) in [6.45, 7) is 4.47. The monoisotopic (exact) mass is 917 g/mol. The van der Waals surface area contributed by atoms with E-state index >= 15 is 0 Å². The van der Waals surface area contributed by atoms with Crippen LogP contribution in [-0.2, 0) is 23.7 Å². The average molecular weight is 917 g/mol. The topological polar surface area (TPSA) is 135 Å². The number of esters is 1. The number of unbranched alkanes of at least 4 members (excludes halogenated alkanes) is 25. The molecule has 0 amide bonds. The summed E-state index contributed by atoms with van der Waals surface area (Å²) in [4.78, 5) is 12.9. The van der Waals surface area contributed by atoms with Crippen molar-refractivity contribution < 1.29 is 44.2 Å². The summed E-state index contributed by atoms with van der Waals surface area (Å²) in [6, 6.07) is 0. The van der Waals surface area contributed by atoms with Crippen LogP contribution in [0.5, 0.6) is 0 Å². The number of aliphatic hydroxyl groups excluding tert-OH is 4. The molecule has 0 spiro atoms. The minimum absolute atomic E-state index is 0.115. The van der Waals surface area contributed by atoms with Gasteiger partial charge >= 0.3 is 5.97 Å². The van der Waals surface area contributed by atoms with Crippen LogP contribution in [0.2, 0.25) is 0 Å². The van der Waals surface area contributed by atoms with Crippen LogP contribution >= 0.6 is 0 Å². The van der Waals surface area contributed by atoms with Crippen molar-refractivity contribution in [3.63, 3.8) is 0 Å². The van der Waals surface area contributed by atoms with Crippen molar-refractivity contribution in [3.8, 4) is 0 Å². The number of hydrogen-bond acceptors (Lipinski definition) is 9. The third kappa shape index (κ3) is 37.5. The first-order chi connectivity index (χ1) is 31.9. The summed E-state index contributed by atoms with van der Waals surface area (Å²) in [6.07, 6.45) is 53.9. The van der Waals surface area contributed by atoms with Crippen molar-refractivity contribution >= 4 is 5.97 Å². The molecular formula is C56H100O9. The second-order valence-electron chi connectivity index (χ2n) is 18.3. The van der Waals surface area contributed by atoms with Crippen LogP contribution in [-0.4, -0.2) is 89.6 Å². The molecule has 0 aliphatic carbocycles. The summed E-state index contributed by atoms with van der Waals surface area (Å²) in [7, 11) is 0. The van der Waals surface area contributed by atoms with Crippen molar-refractivity contribution in [1.82, 2.24) is 0 Å². The van der Waals surface area contributed by atoms with Gasteiger partial charge in [0.1, 0.15) is 30.5 Å². The molecular weight excluding hydrogens is 817 g/mol. The Hall–Kier alpha value is -2.11. The molecule has 6 atom stereocenters. The maximum Gasteiger partial charge on any atom is 0.306 e. The Kier molecular flexibility index (Phi) is 44.0. The highest BCUT2D eigenvalue weighted by atomic mass is 16.7. The summed E-state index contributed by atoms with van der Waals surface area (Å²) in [5.74, 6) is -0.318. The quantitative estimate of drug-likeness (QED) is 0.0267. The van der Waals surface area contributed by atoms with Crippen LogP contribution in [0.3, 0.4) is 0 Å². The lowest BCUT2D eigenvalue weighted by molar-refractivity contribution is -0.305. The van der Waals surface area contributed by atoms with Crippen molar-refractivity contribution in [2.75, 3.05) is 26.4 Å². The van der Waals surface area contributed by atoms with Gasteiger partial charge in [-0.25, -0.2) is 0 Å². The Morgan fingerprint density at radius 1 is 0.508 bits per heavy atom. The van der Waals surface area contributed by atoms with Crippen LogP contribution in [0, 0.1) is 0 Å². The molecule has 9 nitrogen and oxygen atoms in total. The highest BCUT2D eigenvalue weighted by Crippen LogP contribution is 2.23. The zero-order valence-corrected chi connectivity index (χ0v) is 41.7. The fourth-order valence-electron chi connectivity index (χ4n) is 8.05. The molecule has 1 saturated heterocycles. The summed E-state index contributed by atoms with van der Waals surface area (Å²) >= 11 is 0. The Bertz CT molecular complexity index is 1180. The molecule has 1 heterocycles. The van der Waals surface area contributed by atoms with Gasteiger partial charge in [0.05, 0.1) is 19.8 Å². The molecule has 0 aromatic rings. The molecule has 378 valence electrons. The predicted molar refractivity (Wildman–Crippen MR) is 270 cm³/mol. The Morgan fingerprint density at radius 3 is 1.42 bits per heavy atom. The van der Waals surface area contributed by atoms with E-state index in [1.807, 2.05) is 0 Å². The lowest BCUT2D eigenvalue weighted by Gasteiger charge is -2.39. The zero-order chi connectivity index (χ0) is 47.1. The second-order valence-corrected chi connectivity index (χ2v) is 18.3. The van der Waals surface area contributed by atoms with Gasteiger partial charge in [0.2, 0.25) is 0 Å². The standard InChI is InChI=1S/C56H100O9/c1-3-5-7-9-11-13-15-17-19-21-22-23-24-25-26-27-28-29-31-33-35-37-39-41-43-45-52(58)64-50(49-63-56-55(61)54(60)53(59)51(47-57)65-56)48-62-46-44-42-40-38-36-34-32-30-20-18-16-14-12-10-8-6-4-2/h5,7,11,13,17,19,22-23,25-26,50-51,53-57,59-61H,3-4,6,8-10,12,14-16,18,20-21,24,27-49H2,1-2H3/b7-5-,13-11-,19-17-,23-22-,26-25-. The molecule has 65 heavy (non-hydrogen) atoms. The van der Waals surface area contributed by atoms with Crippen LogP contribution < -0.4 is 0 Å². The number of carbonyl (C=O) groups is 1. The van der Waals surface area contributed by atoms with E-state index in [4.69, 9.17) is 18.9 Å². The maximum atomic E-state index is 12.9. The van der Waals surface area contributed by atoms with Gasteiger partial charge in [-0.15, -0.1) is 0 Å². The van der Waals surface area contributed by atoms with Crippen LogP contribution in [0.1, 0.15) is 226 Å². The smallest absolute Gasteiger partial charge is 0.306 e. The lowest BCUT2D eigenvalue weighted by Crippen LogP contribution is -2.59. The van der Waals surface area contributed by atoms with Crippen LogP contribution in [0.25, 0.3) is 0 Å². The first-order valence-electron chi connectivity index (χ1n) is 26.9. The number of allylic oxidation sites excluding steroid dienone is 10. The highest BCUT2D eigenvalue weighted by molar-refractivity contribution is 5.69. The molecule has 9 heteroatoms. The minimum Gasteiger partial charge on any atom is -0.457 e. The minimum atomic E-state index is -1.54. The lowest BCUT2D eigenvalue weighted by atomic mass is 9.99. The number of hydrogen-bond donors (Lipinski definition) is 4. The van der Waals surface area contributed by atoms with E-state index in [2.05, 4.69) is 74.6 Å². The maximum absolute atomic E-state index is 12.9. The number of carbonyl (C=O) groups excluding carboxylic acids is 1. The van der Waals surface area contributed by atoms with Gasteiger partial charge in [-0.3, -0.25) is 4.79 Å². The van der Waals surface area contributed by atoms with Gasteiger partial charge in [0.15, 0.2) is 6.29 Å². The van der Waals surface area contributed by atoms with Crippen molar-refractivity contribution in [3.05, 3.63) is 60.8 Å². The Balaban J connectivity index is 2.18. The largest absolute Gasteiger partial charge is 0.457 e. The normalized spacial score (nSPS) is 19.9. The van der Waals surface area contributed by atoms with Crippen LogP contribution in [0.15, 0.2) is 60.8 Å². The van der Waals surface area contributed by atoms with Crippen molar-refractivity contribution in [2.24, 2.45) is 0 Å². The Morgan fingerprint density at radius 2 is 0.938 bits per heavy atom. The van der Waals surface area contributed by atoms with E-state index < -0.39 is 43.4 Å². The van der Waals surface area contributed by atoms with Crippen molar-refractivity contribution in [1.29, 1.82) is 0 Å². The van der Waals surface area contributed by atoms with Gasteiger partial charge in [-0.1, -0.05) is 222 Å². The first-order valence-corrected chi connectivity index (χ1v) is 26.9. The molecule has 0 aromatic carbocycles. The van der Waals surface area contributed by atoms with Crippen LogP contribution in [0.4, 0.5) is 0 Å². The van der Waals surface area contributed by atoms with E-state index in [1.54, 1.807) is 0 Å². The molecule has 0 radical (unpaired) electrons. The second kappa shape index (κ2) is 47.0. The molecule has 1 aliphatic rings. The zero-order valence-electron chi connectivity index (χ0n) is 41.7. The van der Waals surface area contributed by atoms with E-state index in [0.717, 1.165) is 70.6 Å². The third-order valence-electron chi connectivity index (χ3n) is 12.2. The van der Waals surface area contributed by atoms with E-state index in [-0.39, 0.29) is 19.2 Å². The third-order valence-corrected chi connectivity index (χ3v) is 12.2. The molecule has 0 aromatic heterocycles. The van der Waals surface area contributed by atoms with Gasteiger partial charge in [0.25, 0.3) is 0 Å². The average Bonchev–Trinajstić information content (AvgIpc) is 3.31. The van der Waals surface area contributed by atoms with E-state index in [1.165, 1.54) is 135 Å². The number of aliphatic hydroxyl groups is 4. The van der Waals surface area contributed by atoms with Gasteiger partial charge in [-0.2, -0.15) is 0 Å².